The van der Waals surface area contributed by atoms with Gasteiger partial charge in [-0.15, -0.1) is 0 Å². The van der Waals surface area contributed by atoms with E-state index in [0.29, 0.717) is 49.1 Å². The monoisotopic (exact) mass is 547 g/mol. The number of nitrogens with zero attached hydrogens (tertiary/aromatic N) is 3. The zero-order chi connectivity index (χ0) is 26.8. The van der Waals surface area contributed by atoms with E-state index in [1.807, 2.05) is 41.3 Å². The first-order valence-electron chi connectivity index (χ1n) is 12.8. The third kappa shape index (κ3) is 5.17. The Balaban J connectivity index is 1.34. The van der Waals surface area contributed by atoms with Crippen LogP contribution in [0, 0.1) is 0 Å². The van der Waals surface area contributed by atoms with Crippen LogP contribution in [0.1, 0.15) is 5.56 Å². The third-order valence-corrected chi connectivity index (χ3v) is 8.53. The first-order chi connectivity index (χ1) is 19.0. The molecular weight excluding hydrogens is 518 g/mol. The molecule has 0 saturated carbocycles. The van der Waals surface area contributed by atoms with E-state index in [1.54, 1.807) is 19.2 Å². The van der Waals surface area contributed by atoms with E-state index in [2.05, 4.69) is 22.0 Å². The SMILES string of the molecule is COc1cccc(-c2nc(S(=O)(=O)c3ccc4c(c3)OCCO4)c(N3CCN(Cc4ccccc4)CC3)o2)c1. The molecule has 1 aromatic heterocycles. The lowest BCUT2D eigenvalue weighted by Gasteiger charge is -2.34. The van der Waals surface area contributed by atoms with Crippen molar-refractivity contribution in [2.45, 2.75) is 16.5 Å². The minimum Gasteiger partial charge on any atom is -0.497 e. The quantitative estimate of drug-likeness (QED) is 0.336. The van der Waals surface area contributed by atoms with Gasteiger partial charge >= 0.3 is 0 Å². The summed E-state index contributed by atoms with van der Waals surface area (Å²) in [5, 5.41) is -0.117. The lowest BCUT2D eigenvalue weighted by Crippen LogP contribution is -2.46. The van der Waals surface area contributed by atoms with Gasteiger partial charge in [-0.25, -0.2) is 8.42 Å². The van der Waals surface area contributed by atoms with Gasteiger partial charge in [-0.1, -0.05) is 36.4 Å². The number of ether oxygens (including phenoxy) is 3. The fraction of sp³-hybridized carbons (Fsp3) is 0.276. The van der Waals surface area contributed by atoms with E-state index < -0.39 is 9.84 Å². The Bertz CT molecular complexity index is 1560. The molecule has 9 nitrogen and oxygen atoms in total. The molecule has 0 radical (unpaired) electrons. The second-order valence-electron chi connectivity index (χ2n) is 9.42. The summed E-state index contributed by atoms with van der Waals surface area (Å²) in [7, 11) is -2.47. The zero-order valence-electron chi connectivity index (χ0n) is 21.6. The van der Waals surface area contributed by atoms with E-state index in [1.165, 1.54) is 17.7 Å². The number of hydrogen-bond donors (Lipinski definition) is 0. The van der Waals surface area contributed by atoms with E-state index in [4.69, 9.17) is 18.6 Å². The standard InChI is InChI=1S/C29H29N3O6S/c1-35-23-9-5-8-22(18-23)27-30-28(39(33,34)24-10-11-25-26(19-24)37-17-16-36-25)29(38-27)32-14-12-31(13-15-32)20-21-6-3-2-4-7-21/h2-11,18-19H,12-17,20H2,1H3. The molecule has 6 rings (SSSR count). The molecule has 2 aliphatic heterocycles. The van der Waals surface area contributed by atoms with Crippen molar-refractivity contribution in [2.24, 2.45) is 0 Å². The van der Waals surface area contributed by atoms with Crippen LogP contribution in [-0.4, -0.2) is 64.8 Å². The van der Waals surface area contributed by atoms with Crippen molar-refractivity contribution < 1.29 is 27.0 Å². The Hall–Kier alpha value is -4.02. The van der Waals surface area contributed by atoms with E-state index >= 15 is 0 Å². The molecule has 39 heavy (non-hydrogen) atoms. The normalized spacial score (nSPS) is 15.8. The van der Waals surface area contributed by atoms with Crippen molar-refractivity contribution in [3.8, 4) is 28.7 Å². The fourth-order valence-electron chi connectivity index (χ4n) is 4.81. The summed E-state index contributed by atoms with van der Waals surface area (Å²) in [6.07, 6.45) is 0. The summed E-state index contributed by atoms with van der Waals surface area (Å²) in [6.45, 7) is 4.34. The van der Waals surface area contributed by atoms with Crippen LogP contribution < -0.4 is 19.1 Å². The highest BCUT2D eigenvalue weighted by Gasteiger charge is 2.34. The predicted molar refractivity (Wildman–Crippen MR) is 145 cm³/mol. The number of rotatable bonds is 7. The average molecular weight is 548 g/mol. The maximum atomic E-state index is 14.0. The van der Waals surface area contributed by atoms with Gasteiger partial charge in [-0.2, -0.15) is 4.98 Å². The van der Waals surface area contributed by atoms with Gasteiger partial charge in [-0.05, 0) is 35.9 Å². The van der Waals surface area contributed by atoms with Gasteiger partial charge in [0.1, 0.15) is 19.0 Å². The molecule has 2 aliphatic rings. The Morgan fingerprint density at radius 2 is 1.64 bits per heavy atom. The molecule has 0 unspecified atom stereocenters. The van der Waals surface area contributed by atoms with Crippen LogP contribution in [0.25, 0.3) is 11.5 Å². The molecule has 3 aromatic carbocycles. The molecule has 4 aromatic rings. The molecule has 0 spiro atoms. The van der Waals surface area contributed by atoms with Gasteiger partial charge in [0, 0.05) is 44.4 Å². The summed E-state index contributed by atoms with van der Waals surface area (Å²) in [5.41, 5.74) is 1.87. The number of anilines is 1. The fourth-order valence-corrected chi connectivity index (χ4v) is 6.14. The van der Waals surface area contributed by atoms with Crippen molar-refractivity contribution in [1.29, 1.82) is 0 Å². The van der Waals surface area contributed by atoms with Crippen LogP contribution in [0.4, 0.5) is 5.88 Å². The van der Waals surface area contributed by atoms with Crippen LogP contribution in [0.15, 0.2) is 87.1 Å². The van der Waals surface area contributed by atoms with Crippen molar-refractivity contribution >= 4 is 15.7 Å². The molecule has 1 saturated heterocycles. The lowest BCUT2D eigenvalue weighted by atomic mass is 10.2. The minimum absolute atomic E-state index is 0.0706. The summed E-state index contributed by atoms with van der Waals surface area (Å²) >= 11 is 0. The number of fused-ring (bicyclic) bond motifs is 1. The Kier molecular flexibility index (Phi) is 6.88. The van der Waals surface area contributed by atoms with E-state index in [0.717, 1.165) is 19.6 Å². The zero-order valence-corrected chi connectivity index (χ0v) is 22.4. The van der Waals surface area contributed by atoms with Gasteiger partial charge in [0.25, 0.3) is 0 Å². The number of aromatic nitrogens is 1. The smallest absolute Gasteiger partial charge is 0.236 e. The summed E-state index contributed by atoms with van der Waals surface area (Å²) < 4.78 is 50.7. The second-order valence-corrected chi connectivity index (χ2v) is 11.3. The molecule has 1 fully saturated rings. The maximum absolute atomic E-state index is 14.0. The van der Waals surface area contributed by atoms with Gasteiger partial charge in [0.2, 0.25) is 26.6 Å². The molecule has 10 heteroatoms. The Labute approximate surface area is 227 Å². The molecule has 0 bridgehead atoms. The number of sulfone groups is 1. The molecule has 0 N–H and O–H groups in total. The highest BCUT2D eigenvalue weighted by Crippen LogP contribution is 2.39. The van der Waals surface area contributed by atoms with Crippen molar-refractivity contribution in [3.63, 3.8) is 0 Å². The van der Waals surface area contributed by atoms with Gasteiger partial charge < -0.3 is 23.5 Å². The minimum atomic E-state index is -4.04. The average Bonchev–Trinajstić information content (AvgIpc) is 3.44. The Morgan fingerprint density at radius 3 is 2.41 bits per heavy atom. The van der Waals surface area contributed by atoms with E-state index in [-0.39, 0.29) is 21.7 Å². The highest BCUT2D eigenvalue weighted by atomic mass is 32.2. The van der Waals surface area contributed by atoms with Crippen molar-refractivity contribution in [1.82, 2.24) is 9.88 Å². The molecule has 202 valence electrons. The summed E-state index contributed by atoms with van der Waals surface area (Å²) in [6, 6.07) is 22.1. The number of oxazole rings is 1. The predicted octanol–water partition coefficient (Wildman–Crippen LogP) is 4.28. The maximum Gasteiger partial charge on any atom is 0.236 e. The molecule has 0 aliphatic carbocycles. The van der Waals surface area contributed by atoms with Gasteiger partial charge in [-0.3, -0.25) is 4.90 Å². The van der Waals surface area contributed by atoms with Crippen LogP contribution in [0.5, 0.6) is 17.2 Å². The topological polar surface area (TPSA) is 94.3 Å². The van der Waals surface area contributed by atoms with Crippen molar-refractivity contribution in [2.75, 3.05) is 51.4 Å². The molecule has 0 amide bonds. The van der Waals surface area contributed by atoms with Gasteiger partial charge in [0.05, 0.1) is 12.0 Å². The van der Waals surface area contributed by atoms with Crippen LogP contribution >= 0.6 is 0 Å². The molecule has 3 heterocycles. The number of piperazine rings is 1. The Morgan fingerprint density at radius 1 is 0.872 bits per heavy atom. The second kappa shape index (κ2) is 10.6. The summed E-state index contributed by atoms with van der Waals surface area (Å²) in [5.74, 6) is 1.99. The first kappa shape index (κ1) is 25.3. The molecule has 0 atom stereocenters. The number of hydrogen-bond acceptors (Lipinski definition) is 9. The summed E-state index contributed by atoms with van der Waals surface area (Å²) in [4.78, 5) is 8.92. The molecular formula is C29H29N3O6S. The van der Waals surface area contributed by atoms with Crippen LogP contribution in [-0.2, 0) is 16.4 Å². The van der Waals surface area contributed by atoms with E-state index in [9.17, 15) is 8.42 Å². The number of methoxy groups -OCH3 is 1. The largest absolute Gasteiger partial charge is 0.497 e. The number of benzene rings is 3. The van der Waals surface area contributed by atoms with Crippen LogP contribution in [0.2, 0.25) is 0 Å². The third-order valence-electron chi connectivity index (χ3n) is 6.88. The first-order valence-corrected chi connectivity index (χ1v) is 14.3. The van der Waals surface area contributed by atoms with Crippen molar-refractivity contribution in [3.05, 3.63) is 78.4 Å². The van der Waals surface area contributed by atoms with Crippen LogP contribution in [0.3, 0.4) is 0 Å². The lowest BCUT2D eigenvalue weighted by molar-refractivity contribution is 0.171. The van der Waals surface area contributed by atoms with Gasteiger partial charge in [0.15, 0.2) is 11.5 Å². The highest BCUT2D eigenvalue weighted by molar-refractivity contribution is 7.91.